The number of fused-ring (bicyclic) bond motifs is 7. The fourth-order valence-corrected chi connectivity index (χ4v) is 9.59. The zero-order valence-corrected chi connectivity index (χ0v) is 19.9. The molecule has 1 unspecified atom stereocenters. The van der Waals surface area contributed by atoms with Gasteiger partial charge in [-0.25, -0.2) is 4.39 Å². The molecule has 176 valence electrons. The number of ether oxygens (including phenoxy) is 1. The van der Waals surface area contributed by atoms with E-state index in [9.17, 15) is 9.18 Å². The van der Waals surface area contributed by atoms with Crippen molar-refractivity contribution in [2.75, 3.05) is 6.61 Å². The van der Waals surface area contributed by atoms with E-state index in [1.54, 1.807) is 0 Å². The van der Waals surface area contributed by atoms with Crippen molar-refractivity contribution < 1.29 is 13.9 Å². The summed E-state index contributed by atoms with van der Waals surface area (Å²) >= 11 is 0. The van der Waals surface area contributed by atoms with E-state index in [0.29, 0.717) is 11.8 Å². The van der Waals surface area contributed by atoms with Gasteiger partial charge in [0.2, 0.25) is 0 Å². The van der Waals surface area contributed by atoms with Crippen LogP contribution in [0.3, 0.4) is 0 Å². The van der Waals surface area contributed by atoms with Gasteiger partial charge in [0, 0.05) is 5.92 Å². The molecule has 0 heterocycles. The van der Waals surface area contributed by atoms with Gasteiger partial charge in [0.1, 0.15) is 6.61 Å². The van der Waals surface area contributed by atoms with Crippen molar-refractivity contribution in [2.45, 2.75) is 65.2 Å². The van der Waals surface area contributed by atoms with E-state index in [-0.39, 0.29) is 35.0 Å². The third-order valence-corrected chi connectivity index (χ3v) is 10.8. The van der Waals surface area contributed by atoms with Crippen LogP contribution in [0.15, 0.2) is 18.2 Å². The van der Waals surface area contributed by atoms with Gasteiger partial charge < -0.3 is 4.74 Å². The van der Waals surface area contributed by atoms with E-state index < -0.39 is 5.82 Å². The number of hydrogen-bond acceptors (Lipinski definition) is 3. The second-order valence-electron chi connectivity index (χ2n) is 12.4. The second kappa shape index (κ2) is 7.82. The first-order valence-electron chi connectivity index (χ1n) is 13.3. The largest absolute Gasteiger partial charge is 0.483 e. The number of rotatable bonds is 4. The highest BCUT2D eigenvalue weighted by atomic mass is 19.1. The van der Waals surface area contributed by atoms with E-state index >= 15 is 0 Å². The summed E-state index contributed by atoms with van der Waals surface area (Å²) in [5, 5.41) is 8.93. The Hall–Kier alpha value is -1.89. The third-order valence-electron chi connectivity index (χ3n) is 10.8. The maximum Gasteiger partial charge on any atom is 0.174 e. The van der Waals surface area contributed by atoms with Crippen molar-refractivity contribution in [1.82, 2.24) is 0 Å². The second-order valence-corrected chi connectivity index (χ2v) is 12.4. The van der Waals surface area contributed by atoms with Crippen LogP contribution in [-0.2, 0) is 4.79 Å². The lowest BCUT2D eigenvalue weighted by Gasteiger charge is -2.57. The molecule has 1 aromatic rings. The molecule has 4 heteroatoms. The van der Waals surface area contributed by atoms with Crippen molar-refractivity contribution in [1.29, 1.82) is 5.26 Å². The van der Waals surface area contributed by atoms with E-state index in [1.165, 1.54) is 69.6 Å². The Balaban J connectivity index is 1.17. The standard InChI is InChI=1S/C29H36FNO2/c1-16-3-6-19-18(11-16)5-7-21-20(19)9-10-29(2)27(21)22-13-23(22)28(29)25(32)15-33-26-8-4-17(14-31)12-24(26)30/h4,8,12,16,18-23,27-28H,3,5-7,9-11,13,15H2,1-2H3/t16-,18+,19-,20+,21+,22+,23-,27?,28+,29-/m0/s1. The summed E-state index contributed by atoms with van der Waals surface area (Å²) in [6.07, 6.45) is 10.7. The molecule has 5 saturated carbocycles. The topological polar surface area (TPSA) is 50.1 Å². The first-order valence-corrected chi connectivity index (χ1v) is 13.3. The Morgan fingerprint density at radius 1 is 1.09 bits per heavy atom. The van der Waals surface area contributed by atoms with Gasteiger partial charge in [0.15, 0.2) is 17.3 Å². The molecule has 0 amide bonds. The molecule has 3 nitrogen and oxygen atoms in total. The number of carbonyl (C=O) groups excluding carboxylic acids is 1. The fourth-order valence-electron chi connectivity index (χ4n) is 9.59. The molecule has 1 aromatic carbocycles. The number of halogens is 1. The van der Waals surface area contributed by atoms with Gasteiger partial charge >= 0.3 is 0 Å². The van der Waals surface area contributed by atoms with E-state index in [1.807, 2.05) is 6.07 Å². The Morgan fingerprint density at radius 2 is 1.91 bits per heavy atom. The van der Waals surface area contributed by atoms with Gasteiger partial charge in [-0.15, -0.1) is 0 Å². The third kappa shape index (κ3) is 3.36. The summed E-state index contributed by atoms with van der Waals surface area (Å²) in [6.45, 7) is 4.78. The van der Waals surface area contributed by atoms with Crippen molar-refractivity contribution in [3.05, 3.63) is 29.6 Å². The summed E-state index contributed by atoms with van der Waals surface area (Å²) in [5.41, 5.74) is 0.352. The number of Topliss-reactive ketones (excluding diaryl/α,β-unsaturated/α-hetero) is 1. The quantitative estimate of drug-likeness (QED) is 0.534. The summed E-state index contributed by atoms with van der Waals surface area (Å²) in [6, 6.07) is 6.11. The summed E-state index contributed by atoms with van der Waals surface area (Å²) in [5.74, 6) is 6.14. The number of carbonyl (C=O) groups is 1. The normalized spacial score (nSPS) is 45.1. The minimum atomic E-state index is -0.569. The molecule has 5 aliphatic rings. The first kappa shape index (κ1) is 21.6. The minimum absolute atomic E-state index is 0.0598. The van der Waals surface area contributed by atoms with Crippen LogP contribution in [0, 0.1) is 75.8 Å². The fraction of sp³-hybridized carbons (Fsp3) is 0.724. The highest BCUT2D eigenvalue weighted by Crippen LogP contribution is 2.74. The van der Waals surface area contributed by atoms with Crippen LogP contribution in [0.25, 0.3) is 0 Å². The molecule has 0 bridgehead atoms. The number of nitriles is 1. The van der Waals surface area contributed by atoms with Crippen LogP contribution < -0.4 is 4.74 Å². The lowest BCUT2D eigenvalue weighted by Crippen LogP contribution is -2.51. The van der Waals surface area contributed by atoms with E-state index in [2.05, 4.69) is 13.8 Å². The summed E-state index contributed by atoms with van der Waals surface area (Å²) in [7, 11) is 0. The van der Waals surface area contributed by atoms with Crippen molar-refractivity contribution >= 4 is 5.78 Å². The Morgan fingerprint density at radius 3 is 2.70 bits per heavy atom. The molecule has 0 N–H and O–H groups in total. The van der Waals surface area contributed by atoms with Crippen LogP contribution in [0.1, 0.15) is 70.8 Å². The maximum atomic E-state index is 14.3. The van der Waals surface area contributed by atoms with Crippen LogP contribution in [-0.4, -0.2) is 12.4 Å². The Kier molecular flexibility index (Phi) is 5.13. The van der Waals surface area contributed by atoms with Gasteiger partial charge in [-0.2, -0.15) is 5.26 Å². The highest BCUT2D eigenvalue weighted by Gasteiger charge is 2.70. The molecule has 10 atom stereocenters. The zero-order chi connectivity index (χ0) is 22.9. The van der Waals surface area contributed by atoms with Crippen LogP contribution >= 0.6 is 0 Å². The predicted molar refractivity (Wildman–Crippen MR) is 124 cm³/mol. The minimum Gasteiger partial charge on any atom is -0.483 e. The molecule has 0 spiro atoms. The van der Waals surface area contributed by atoms with Crippen molar-refractivity contribution in [2.24, 2.45) is 58.7 Å². The molecule has 0 saturated heterocycles. The Bertz CT molecular complexity index is 1000. The van der Waals surface area contributed by atoms with E-state index in [0.717, 1.165) is 35.5 Å². The van der Waals surface area contributed by atoms with Gasteiger partial charge in [-0.3, -0.25) is 4.79 Å². The molecule has 5 fully saturated rings. The van der Waals surface area contributed by atoms with Crippen LogP contribution in [0.2, 0.25) is 0 Å². The van der Waals surface area contributed by atoms with Gasteiger partial charge in [-0.1, -0.05) is 20.3 Å². The lowest BCUT2D eigenvalue weighted by molar-refractivity contribution is -0.135. The molecule has 0 radical (unpaired) electrons. The van der Waals surface area contributed by atoms with Crippen LogP contribution in [0.4, 0.5) is 4.39 Å². The number of hydrogen-bond donors (Lipinski definition) is 0. The average Bonchev–Trinajstić information content (AvgIpc) is 3.51. The maximum absolute atomic E-state index is 14.3. The van der Waals surface area contributed by atoms with Crippen molar-refractivity contribution in [3.8, 4) is 11.8 Å². The van der Waals surface area contributed by atoms with Gasteiger partial charge in [-0.05, 0) is 116 Å². The molecule has 6 rings (SSSR count). The SMILES string of the molecule is C[C@H]1CC[C@H]2[C@H](CC[C@H]3C4[C@@H]5C[C@@H]5[C@H](C(=O)COc5ccc(C#N)cc5F)[C@@]4(C)CC[C@H]23)C1. The van der Waals surface area contributed by atoms with Gasteiger partial charge in [0.25, 0.3) is 0 Å². The summed E-state index contributed by atoms with van der Waals surface area (Å²) < 4.78 is 19.9. The monoisotopic (exact) mass is 449 g/mol. The van der Waals surface area contributed by atoms with Crippen molar-refractivity contribution in [3.63, 3.8) is 0 Å². The lowest BCUT2D eigenvalue weighted by atomic mass is 9.48. The van der Waals surface area contributed by atoms with E-state index in [4.69, 9.17) is 10.00 Å². The van der Waals surface area contributed by atoms with Gasteiger partial charge in [0.05, 0.1) is 11.6 Å². The number of ketones is 1. The molecule has 0 aliphatic heterocycles. The molecular formula is C29H36FNO2. The summed E-state index contributed by atoms with van der Waals surface area (Å²) in [4.78, 5) is 13.5. The predicted octanol–water partition coefficient (Wildman–Crippen LogP) is 6.41. The Labute approximate surface area is 197 Å². The molecule has 33 heavy (non-hydrogen) atoms. The zero-order valence-electron chi connectivity index (χ0n) is 19.9. The van der Waals surface area contributed by atoms with Crippen LogP contribution in [0.5, 0.6) is 5.75 Å². The number of nitrogens with zero attached hydrogens (tertiary/aromatic N) is 1. The molecule has 5 aliphatic carbocycles. The molecular weight excluding hydrogens is 413 g/mol. The number of benzene rings is 1. The average molecular weight is 450 g/mol. The smallest absolute Gasteiger partial charge is 0.174 e. The molecule has 0 aromatic heterocycles. The first-order chi connectivity index (χ1) is 15.9. The highest BCUT2D eigenvalue weighted by molar-refractivity contribution is 5.84.